The highest BCUT2D eigenvalue weighted by atomic mass is 35.5. The number of likely N-dealkylation sites (tertiary alicyclic amines) is 1. The van der Waals surface area contributed by atoms with Crippen LogP contribution >= 0.6 is 11.6 Å². The summed E-state index contributed by atoms with van der Waals surface area (Å²) in [6.07, 6.45) is 3.13. The first kappa shape index (κ1) is 14.4. The molecule has 0 radical (unpaired) electrons. The van der Waals surface area contributed by atoms with E-state index in [0.717, 1.165) is 44.4 Å². The summed E-state index contributed by atoms with van der Waals surface area (Å²) < 4.78 is 0. The van der Waals surface area contributed by atoms with Gasteiger partial charge in [-0.15, -0.1) is 0 Å². The highest BCUT2D eigenvalue weighted by Gasteiger charge is 2.24. The lowest BCUT2D eigenvalue weighted by Crippen LogP contribution is -2.43. The van der Waals surface area contributed by atoms with Crippen LogP contribution in [-0.4, -0.2) is 43.9 Å². The Morgan fingerprint density at radius 3 is 2.68 bits per heavy atom. The van der Waals surface area contributed by atoms with Crippen LogP contribution in [0.15, 0.2) is 18.2 Å². The Morgan fingerprint density at radius 2 is 2.11 bits per heavy atom. The third-order valence-corrected chi connectivity index (χ3v) is 4.35. The number of carbonyl (C=O) groups is 1. The second kappa shape index (κ2) is 6.40. The van der Waals surface area contributed by atoms with Gasteiger partial charge in [-0.3, -0.25) is 4.79 Å². The zero-order valence-corrected chi connectivity index (χ0v) is 12.4. The van der Waals surface area contributed by atoms with Crippen LogP contribution in [0.4, 0.5) is 5.69 Å². The van der Waals surface area contributed by atoms with Crippen molar-refractivity contribution in [2.24, 2.45) is 0 Å². The average molecular weight is 281 g/mol. The highest BCUT2D eigenvalue weighted by Crippen LogP contribution is 2.31. The zero-order valence-electron chi connectivity index (χ0n) is 11.6. The van der Waals surface area contributed by atoms with E-state index in [1.165, 1.54) is 0 Å². The molecule has 1 aliphatic heterocycles. The minimum absolute atomic E-state index is 0.460. The van der Waals surface area contributed by atoms with Crippen LogP contribution in [0.1, 0.15) is 30.1 Å². The Morgan fingerprint density at radius 1 is 1.42 bits per heavy atom. The van der Waals surface area contributed by atoms with E-state index in [-0.39, 0.29) is 0 Å². The van der Waals surface area contributed by atoms with E-state index >= 15 is 0 Å². The summed E-state index contributed by atoms with van der Waals surface area (Å²) in [4.78, 5) is 15.8. The molecule has 1 saturated heterocycles. The first-order valence-corrected chi connectivity index (χ1v) is 7.24. The van der Waals surface area contributed by atoms with Gasteiger partial charge in [0.2, 0.25) is 0 Å². The van der Waals surface area contributed by atoms with Crippen LogP contribution in [0.3, 0.4) is 0 Å². The molecule has 1 aromatic rings. The number of benzene rings is 1. The summed E-state index contributed by atoms with van der Waals surface area (Å²) >= 11 is 6.27. The maximum atomic E-state index is 11.2. The summed E-state index contributed by atoms with van der Waals surface area (Å²) in [5.74, 6) is 0. The largest absolute Gasteiger partial charge is 0.370 e. The van der Waals surface area contributed by atoms with Gasteiger partial charge in [0.05, 0.1) is 10.7 Å². The number of carbonyl (C=O) groups excluding carboxylic acids is 1. The minimum Gasteiger partial charge on any atom is -0.370 e. The van der Waals surface area contributed by atoms with Crippen LogP contribution in [0, 0.1) is 0 Å². The normalized spacial score (nSPS) is 17.4. The van der Waals surface area contributed by atoms with Crippen LogP contribution in [-0.2, 0) is 0 Å². The number of hydrogen-bond acceptors (Lipinski definition) is 3. The fourth-order valence-electron chi connectivity index (χ4n) is 2.80. The first-order chi connectivity index (χ1) is 9.17. The highest BCUT2D eigenvalue weighted by molar-refractivity contribution is 6.33. The summed E-state index contributed by atoms with van der Waals surface area (Å²) in [6, 6.07) is 5.96. The number of para-hydroxylation sites is 1. The quantitative estimate of drug-likeness (QED) is 0.792. The molecule has 0 N–H and O–H groups in total. The molecule has 3 nitrogen and oxygen atoms in total. The second-order valence-electron chi connectivity index (χ2n) is 5.07. The van der Waals surface area contributed by atoms with Crippen molar-refractivity contribution >= 4 is 23.6 Å². The van der Waals surface area contributed by atoms with Crippen molar-refractivity contribution in [2.75, 3.05) is 31.6 Å². The minimum atomic E-state index is 0.460. The molecule has 0 spiro atoms. The van der Waals surface area contributed by atoms with Gasteiger partial charge in [0.15, 0.2) is 6.29 Å². The average Bonchev–Trinajstić information content (AvgIpc) is 2.46. The van der Waals surface area contributed by atoms with Crippen molar-refractivity contribution in [3.63, 3.8) is 0 Å². The van der Waals surface area contributed by atoms with Crippen molar-refractivity contribution in [3.05, 3.63) is 28.8 Å². The third-order valence-electron chi connectivity index (χ3n) is 4.05. The molecule has 1 heterocycles. The topological polar surface area (TPSA) is 23.6 Å². The van der Waals surface area contributed by atoms with Gasteiger partial charge in [0, 0.05) is 31.7 Å². The molecule has 0 unspecified atom stereocenters. The molecule has 104 valence electrons. The molecule has 2 rings (SSSR count). The van der Waals surface area contributed by atoms with Crippen molar-refractivity contribution in [2.45, 2.75) is 25.8 Å². The SMILES string of the molecule is CCN1CCC(N(C)c2c(Cl)cccc2C=O)CC1. The standard InChI is InChI=1S/C15H21ClN2O/c1-3-18-9-7-13(8-10-18)17(2)15-12(11-19)5-4-6-14(15)16/h4-6,11,13H,3,7-10H2,1-2H3. The molecule has 1 fully saturated rings. The predicted molar refractivity (Wildman–Crippen MR) is 80.4 cm³/mol. The van der Waals surface area contributed by atoms with Crippen LogP contribution in [0.5, 0.6) is 0 Å². The van der Waals surface area contributed by atoms with E-state index in [4.69, 9.17) is 11.6 Å². The fourth-order valence-corrected chi connectivity index (χ4v) is 3.12. The molecule has 0 bridgehead atoms. The van der Waals surface area contributed by atoms with Gasteiger partial charge >= 0.3 is 0 Å². The molecular weight excluding hydrogens is 260 g/mol. The van der Waals surface area contributed by atoms with E-state index in [2.05, 4.69) is 16.7 Å². The van der Waals surface area contributed by atoms with Crippen LogP contribution < -0.4 is 4.90 Å². The second-order valence-corrected chi connectivity index (χ2v) is 5.48. The van der Waals surface area contributed by atoms with Gasteiger partial charge in [-0.2, -0.15) is 0 Å². The summed E-state index contributed by atoms with van der Waals surface area (Å²) in [5.41, 5.74) is 1.54. The first-order valence-electron chi connectivity index (χ1n) is 6.86. The Hall–Kier alpha value is -1.06. The number of nitrogens with zero attached hydrogens (tertiary/aromatic N) is 2. The van der Waals surface area contributed by atoms with E-state index in [0.29, 0.717) is 16.6 Å². The van der Waals surface area contributed by atoms with Gasteiger partial charge in [0.25, 0.3) is 0 Å². The van der Waals surface area contributed by atoms with Crippen LogP contribution in [0.25, 0.3) is 0 Å². The molecule has 0 saturated carbocycles. The number of aldehydes is 1. The number of piperidine rings is 1. The predicted octanol–water partition coefficient (Wildman–Crippen LogP) is 3.07. The van der Waals surface area contributed by atoms with Gasteiger partial charge < -0.3 is 9.80 Å². The number of anilines is 1. The molecular formula is C15H21ClN2O. The molecule has 1 aliphatic rings. The molecule has 19 heavy (non-hydrogen) atoms. The smallest absolute Gasteiger partial charge is 0.152 e. The van der Waals surface area contributed by atoms with Gasteiger partial charge in [-0.1, -0.05) is 24.6 Å². The molecule has 0 atom stereocenters. The van der Waals surface area contributed by atoms with Crippen molar-refractivity contribution in [3.8, 4) is 0 Å². The lowest BCUT2D eigenvalue weighted by atomic mass is 10.0. The summed E-state index contributed by atoms with van der Waals surface area (Å²) in [6.45, 7) is 5.55. The van der Waals surface area contributed by atoms with Gasteiger partial charge in [0.1, 0.15) is 0 Å². The third kappa shape index (κ3) is 3.10. The zero-order chi connectivity index (χ0) is 13.8. The summed E-state index contributed by atoms with van der Waals surface area (Å²) in [5, 5.41) is 0.657. The van der Waals surface area contributed by atoms with Crippen molar-refractivity contribution in [1.82, 2.24) is 4.90 Å². The Bertz CT molecular complexity index is 442. The van der Waals surface area contributed by atoms with Crippen LogP contribution in [0.2, 0.25) is 5.02 Å². The Kier molecular flexibility index (Phi) is 4.83. The van der Waals surface area contributed by atoms with Crippen molar-refractivity contribution < 1.29 is 4.79 Å². The molecule has 1 aromatic carbocycles. The van der Waals surface area contributed by atoms with Gasteiger partial charge in [-0.05, 0) is 31.5 Å². The number of hydrogen-bond donors (Lipinski definition) is 0. The monoisotopic (exact) mass is 280 g/mol. The number of rotatable bonds is 4. The van der Waals surface area contributed by atoms with Gasteiger partial charge in [-0.25, -0.2) is 0 Å². The number of halogens is 1. The van der Waals surface area contributed by atoms with E-state index in [1.807, 2.05) is 25.2 Å². The van der Waals surface area contributed by atoms with Crippen molar-refractivity contribution in [1.29, 1.82) is 0 Å². The summed E-state index contributed by atoms with van der Waals surface area (Å²) in [7, 11) is 2.04. The molecule has 0 aromatic heterocycles. The lowest BCUT2D eigenvalue weighted by Gasteiger charge is -2.38. The van der Waals surface area contributed by atoms with E-state index < -0.39 is 0 Å². The molecule has 0 amide bonds. The van der Waals surface area contributed by atoms with E-state index in [1.54, 1.807) is 0 Å². The Labute approximate surface area is 120 Å². The maximum Gasteiger partial charge on any atom is 0.152 e. The van der Waals surface area contributed by atoms with E-state index in [9.17, 15) is 4.79 Å². The molecule has 4 heteroatoms. The Balaban J connectivity index is 2.16. The molecule has 0 aliphatic carbocycles. The maximum absolute atomic E-state index is 11.2. The fraction of sp³-hybridized carbons (Fsp3) is 0.533. The lowest BCUT2D eigenvalue weighted by molar-refractivity contribution is 0.112.